The lowest BCUT2D eigenvalue weighted by atomic mass is 9.47. The van der Waals surface area contributed by atoms with Crippen LogP contribution in [-0.2, 0) is 4.74 Å². The Bertz CT molecular complexity index is 1020. The van der Waals surface area contributed by atoms with Crippen molar-refractivity contribution in [1.82, 2.24) is 0 Å². The number of esters is 1. The van der Waals surface area contributed by atoms with Gasteiger partial charge in [0.2, 0.25) is 0 Å². The van der Waals surface area contributed by atoms with Gasteiger partial charge in [0.25, 0.3) is 0 Å². The molecule has 3 saturated carbocycles. The number of hydrogen-bond acceptors (Lipinski definition) is 2. The Kier molecular flexibility index (Phi) is 7.51. The molecule has 2 heteroatoms. The number of fused-ring (bicyclic) bond motifs is 5. The van der Waals surface area contributed by atoms with Crippen molar-refractivity contribution in [2.75, 3.05) is 0 Å². The Morgan fingerprint density at radius 1 is 0.919 bits per heavy atom. The van der Waals surface area contributed by atoms with Crippen LogP contribution in [-0.4, -0.2) is 12.1 Å². The minimum Gasteiger partial charge on any atom is -0.459 e. The highest BCUT2D eigenvalue weighted by molar-refractivity contribution is 5.89. The van der Waals surface area contributed by atoms with Crippen LogP contribution in [0.25, 0.3) is 0 Å². The second kappa shape index (κ2) is 10.4. The second-order valence-corrected chi connectivity index (χ2v) is 14.0. The highest BCUT2D eigenvalue weighted by Crippen LogP contribution is 2.66. The standard InChI is InChI=1S/C35H50O2/c1-23(2)24(3)12-13-25(4)30-16-17-31-29-15-14-27-22-28(37-33(36)26-10-8-7-9-11-26)18-20-34(27,5)32(29)19-21-35(30,31)6/h7-13,15,23-25,27-28,30-32H,14,16-22H2,1-6H3/b13-12+/t24-,25+,27-,28?,30?,31?,32?,34?,35?/m0/s1. The summed E-state index contributed by atoms with van der Waals surface area (Å²) in [7, 11) is 0. The average Bonchev–Trinajstić information content (AvgIpc) is 3.25. The molecular formula is C35H50O2. The first-order valence-corrected chi connectivity index (χ1v) is 15.3. The van der Waals surface area contributed by atoms with Crippen LogP contribution in [0.2, 0.25) is 0 Å². The fourth-order valence-electron chi connectivity index (χ4n) is 8.99. The molecule has 37 heavy (non-hydrogen) atoms. The van der Waals surface area contributed by atoms with Crippen molar-refractivity contribution in [3.8, 4) is 0 Å². The Morgan fingerprint density at radius 2 is 1.62 bits per heavy atom. The molecule has 3 fully saturated rings. The summed E-state index contributed by atoms with van der Waals surface area (Å²) in [5.41, 5.74) is 3.30. The number of hydrogen-bond donors (Lipinski definition) is 0. The highest BCUT2D eigenvalue weighted by atomic mass is 16.5. The van der Waals surface area contributed by atoms with E-state index in [1.165, 1.54) is 38.5 Å². The molecule has 0 N–H and O–H groups in total. The van der Waals surface area contributed by atoms with E-state index in [9.17, 15) is 4.79 Å². The van der Waals surface area contributed by atoms with Gasteiger partial charge in [0.1, 0.15) is 6.10 Å². The van der Waals surface area contributed by atoms with Crippen molar-refractivity contribution < 1.29 is 9.53 Å². The molecule has 6 unspecified atom stereocenters. The van der Waals surface area contributed by atoms with Gasteiger partial charge in [0.15, 0.2) is 0 Å². The number of allylic oxidation sites excluding steroid dienone is 4. The fourth-order valence-corrected chi connectivity index (χ4v) is 8.99. The van der Waals surface area contributed by atoms with Crippen molar-refractivity contribution in [1.29, 1.82) is 0 Å². The Hall–Kier alpha value is -1.83. The van der Waals surface area contributed by atoms with Gasteiger partial charge < -0.3 is 4.74 Å². The molecule has 9 atom stereocenters. The second-order valence-electron chi connectivity index (χ2n) is 14.0. The molecular weight excluding hydrogens is 452 g/mol. The summed E-state index contributed by atoms with van der Waals surface area (Å²) in [5, 5.41) is 0. The van der Waals surface area contributed by atoms with Gasteiger partial charge in [-0.25, -0.2) is 4.79 Å². The Morgan fingerprint density at radius 3 is 2.35 bits per heavy atom. The van der Waals surface area contributed by atoms with Crippen molar-refractivity contribution in [2.24, 2.45) is 52.3 Å². The van der Waals surface area contributed by atoms with E-state index in [4.69, 9.17) is 4.74 Å². The molecule has 4 aliphatic carbocycles. The maximum atomic E-state index is 12.7. The summed E-state index contributed by atoms with van der Waals surface area (Å²) in [6.07, 6.45) is 17.6. The summed E-state index contributed by atoms with van der Waals surface area (Å²) in [6, 6.07) is 9.49. The first kappa shape index (κ1) is 26.8. The number of rotatable bonds is 6. The predicted octanol–water partition coefficient (Wildman–Crippen LogP) is 9.28. The molecule has 1 aromatic carbocycles. The van der Waals surface area contributed by atoms with Crippen LogP contribution in [0.1, 0.15) is 103 Å². The lowest BCUT2D eigenvalue weighted by Crippen LogP contribution is -2.50. The van der Waals surface area contributed by atoms with Crippen molar-refractivity contribution in [3.63, 3.8) is 0 Å². The zero-order chi connectivity index (χ0) is 26.4. The highest BCUT2D eigenvalue weighted by Gasteiger charge is 2.58. The van der Waals surface area contributed by atoms with Crippen molar-refractivity contribution in [3.05, 3.63) is 59.7 Å². The van der Waals surface area contributed by atoms with Gasteiger partial charge in [0.05, 0.1) is 5.56 Å². The van der Waals surface area contributed by atoms with E-state index >= 15 is 0 Å². The first-order valence-electron chi connectivity index (χ1n) is 15.3. The minimum atomic E-state index is -0.155. The van der Waals surface area contributed by atoms with E-state index in [1.54, 1.807) is 0 Å². The third kappa shape index (κ3) is 4.87. The smallest absolute Gasteiger partial charge is 0.338 e. The van der Waals surface area contributed by atoms with Gasteiger partial charge in [-0.2, -0.15) is 0 Å². The van der Waals surface area contributed by atoms with Gasteiger partial charge in [-0.15, -0.1) is 0 Å². The van der Waals surface area contributed by atoms with E-state index in [0.717, 1.165) is 30.6 Å². The summed E-state index contributed by atoms with van der Waals surface area (Å²) in [6.45, 7) is 14.7. The molecule has 0 amide bonds. The van der Waals surface area contributed by atoms with Crippen LogP contribution in [0.15, 0.2) is 54.1 Å². The van der Waals surface area contributed by atoms with E-state index in [1.807, 2.05) is 35.9 Å². The topological polar surface area (TPSA) is 26.3 Å². The monoisotopic (exact) mass is 502 g/mol. The molecule has 0 aliphatic heterocycles. The molecule has 4 aliphatic rings. The molecule has 2 nitrogen and oxygen atoms in total. The molecule has 0 aromatic heterocycles. The van der Waals surface area contributed by atoms with Crippen LogP contribution in [0.4, 0.5) is 0 Å². The molecule has 1 aromatic rings. The number of benzene rings is 1. The molecule has 202 valence electrons. The SMILES string of the molecule is CC(C)[C@@H](C)/C=C/[C@@H](C)C1CCC2C3=CC[C@H]4CC(OC(=O)c5ccccc5)CCC4(C)C3CCC21C. The van der Waals surface area contributed by atoms with E-state index < -0.39 is 0 Å². The number of carbonyl (C=O) groups excluding carboxylic acids is 1. The van der Waals surface area contributed by atoms with Crippen molar-refractivity contribution in [2.45, 2.75) is 99.0 Å². The number of ether oxygens (including phenoxy) is 1. The van der Waals surface area contributed by atoms with Gasteiger partial charge in [0, 0.05) is 0 Å². The van der Waals surface area contributed by atoms with Crippen LogP contribution < -0.4 is 0 Å². The maximum absolute atomic E-state index is 12.7. The van der Waals surface area contributed by atoms with Crippen LogP contribution in [0.5, 0.6) is 0 Å². The maximum Gasteiger partial charge on any atom is 0.338 e. The zero-order valence-electron chi connectivity index (χ0n) is 24.2. The van der Waals surface area contributed by atoms with Crippen LogP contribution in [0, 0.1) is 52.3 Å². The van der Waals surface area contributed by atoms with Crippen LogP contribution >= 0.6 is 0 Å². The first-order chi connectivity index (χ1) is 17.6. The third-order valence-corrected chi connectivity index (χ3v) is 11.8. The summed E-state index contributed by atoms with van der Waals surface area (Å²) in [4.78, 5) is 12.7. The lowest BCUT2D eigenvalue weighted by Gasteiger charge is -2.58. The van der Waals surface area contributed by atoms with Crippen molar-refractivity contribution >= 4 is 5.97 Å². The fraction of sp³-hybridized carbons (Fsp3) is 0.686. The van der Waals surface area contributed by atoms with Gasteiger partial charge in [-0.3, -0.25) is 0 Å². The Balaban J connectivity index is 1.28. The summed E-state index contributed by atoms with van der Waals surface area (Å²) in [5.74, 6) is 4.79. The Labute approximate surface area is 226 Å². The minimum absolute atomic E-state index is 0.0614. The normalized spacial score (nSPS) is 38.9. The van der Waals surface area contributed by atoms with Crippen LogP contribution in [0.3, 0.4) is 0 Å². The molecule has 0 saturated heterocycles. The quantitative estimate of drug-likeness (QED) is 0.286. The third-order valence-electron chi connectivity index (χ3n) is 11.8. The lowest BCUT2D eigenvalue weighted by molar-refractivity contribution is -0.0515. The van der Waals surface area contributed by atoms with E-state index in [-0.39, 0.29) is 12.1 Å². The molecule has 0 radical (unpaired) electrons. The molecule has 5 rings (SSSR count). The summed E-state index contributed by atoms with van der Waals surface area (Å²) < 4.78 is 6.02. The summed E-state index contributed by atoms with van der Waals surface area (Å²) >= 11 is 0. The molecule has 0 bridgehead atoms. The van der Waals surface area contributed by atoms with Gasteiger partial charge in [-0.05, 0) is 116 Å². The predicted molar refractivity (Wildman–Crippen MR) is 153 cm³/mol. The average molecular weight is 503 g/mol. The zero-order valence-corrected chi connectivity index (χ0v) is 24.2. The largest absolute Gasteiger partial charge is 0.459 e. The number of carbonyl (C=O) groups is 1. The van der Waals surface area contributed by atoms with Gasteiger partial charge in [-0.1, -0.05) is 83.5 Å². The molecule has 0 spiro atoms. The van der Waals surface area contributed by atoms with E-state index in [2.05, 4.69) is 59.8 Å². The van der Waals surface area contributed by atoms with Gasteiger partial charge >= 0.3 is 5.97 Å². The van der Waals surface area contributed by atoms with E-state index in [0.29, 0.717) is 40.1 Å². The molecule has 0 heterocycles.